The number of hydrogen-bond acceptors (Lipinski definition) is 4. The standard InChI is InChI=1S/C15H28N2O3/c1-19-11-10-16-8-5-15(6-9-16)4-3-7-17(13-15)14(18)12-20-2/h3-13H2,1-2H3. The maximum absolute atomic E-state index is 12.0. The van der Waals surface area contributed by atoms with Gasteiger partial charge in [0.1, 0.15) is 6.61 Å². The minimum atomic E-state index is 0.147. The molecule has 2 fully saturated rings. The van der Waals surface area contributed by atoms with Gasteiger partial charge in [0.2, 0.25) is 5.91 Å². The summed E-state index contributed by atoms with van der Waals surface area (Å²) in [5.41, 5.74) is 0.352. The first-order valence-corrected chi connectivity index (χ1v) is 7.67. The van der Waals surface area contributed by atoms with E-state index in [2.05, 4.69) is 4.90 Å². The molecule has 2 aliphatic heterocycles. The van der Waals surface area contributed by atoms with E-state index < -0.39 is 0 Å². The molecule has 0 aromatic rings. The summed E-state index contributed by atoms with van der Waals surface area (Å²) >= 11 is 0. The van der Waals surface area contributed by atoms with Crippen LogP contribution in [-0.2, 0) is 14.3 Å². The molecule has 0 radical (unpaired) electrons. The monoisotopic (exact) mass is 284 g/mol. The zero-order valence-electron chi connectivity index (χ0n) is 12.9. The third-order valence-electron chi connectivity index (χ3n) is 4.81. The number of hydrogen-bond donors (Lipinski definition) is 0. The van der Waals surface area contributed by atoms with Crippen LogP contribution in [0.1, 0.15) is 25.7 Å². The molecule has 5 heteroatoms. The number of carbonyl (C=O) groups excluding carboxylic acids is 1. The van der Waals surface area contributed by atoms with Crippen molar-refractivity contribution in [2.45, 2.75) is 25.7 Å². The Morgan fingerprint density at radius 2 is 1.85 bits per heavy atom. The lowest BCUT2D eigenvalue weighted by molar-refractivity contribution is -0.139. The van der Waals surface area contributed by atoms with Crippen LogP contribution in [0.3, 0.4) is 0 Å². The Hall–Kier alpha value is -0.650. The molecule has 0 atom stereocenters. The van der Waals surface area contributed by atoms with Crippen molar-refractivity contribution in [2.24, 2.45) is 5.41 Å². The topological polar surface area (TPSA) is 42.0 Å². The Balaban J connectivity index is 1.84. The van der Waals surface area contributed by atoms with Crippen LogP contribution >= 0.6 is 0 Å². The lowest BCUT2D eigenvalue weighted by Crippen LogP contribution is -2.52. The van der Waals surface area contributed by atoms with E-state index in [4.69, 9.17) is 9.47 Å². The smallest absolute Gasteiger partial charge is 0.248 e. The Morgan fingerprint density at radius 3 is 2.50 bits per heavy atom. The molecule has 0 N–H and O–H groups in total. The third-order valence-corrected chi connectivity index (χ3v) is 4.81. The summed E-state index contributed by atoms with van der Waals surface area (Å²) in [5.74, 6) is 0.147. The molecule has 1 spiro atoms. The minimum absolute atomic E-state index is 0.147. The highest BCUT2D eigenvalue weighted by atomic mass is 16.5. The van der Waals surface area contributed by atoms with Crippen molar-refractivity contribution >= 4 is 5.91 Å². The second-order valence-corrected chi connectivity index (χ2v) is 6.19. The molecule has 1 amide bonds. The molecule has 0 unspecified atom stereocenters. The van der Waals surface area contributed by atoms with E-state index >= 15 is 0 Å². The molecule has 0 aliphatic carbocycles. The summed E-state index contributed by atoms with van der Waals surface area (Å²) in [5, 5.41) is 0. The zero-order valence-corrected chi connectivity index (χ0v) is 12.9. The number of ether oxygens (including phenoxy) is 2. The Kier molecular flexibility index (Phi) is 5.81. The number of rotatable bonds is 5. The third kappa shape index (κ3) is 3.93. The van der Waals surface area contributed by atoms with E-state index in [9.17, 15) is 4.79 Å². The largest absolute Gasteiger partial charge is 0.383 e. The van der Waals surface area contributed by atoms with Gasteiger partial charge in [0.25, 0.3) is 0 Å². The number of likely N-dealkylation sites (tertiary alicyclic amines) is 2. The summed E-state index contributed by atoms with van der Waals surface area (Å²) in [6, 6.07) is 0. The molecule has 0 aromatic heterocycles. The summed E-state index contributed by atoms with van der Waals surface area (Å²) in [6.07, 6.45) is 4.80. The molecule has 0 aromatic carbocycles. The fraction of sp³-hybridized carbons (Fsp3) is 0.933. The second kappa shape index (κ2) is 7.38. The molecule has 20 heavy (non-hydrogen) atoms. The predicted octanol–water partition coefficient (Wildman–Crippen LogP) is 0.984. The molecule has 2 saturated heterocycles. The minimum Gasteiger partial charge on any atom is -0.383 e. The average molecular weight is 284 g/mol. The first-order chi connectivity index (χ1) is 9.69. The van der Waals surface area contributed by atoms with Gasteiger partial charge in [0.05, 0.1) is 6.61 Å². The van der Waals surface area contributed by atoms with Gasteiger partial charge >= 0.3 is 0 Å². The normalized spacial score (nSPS) is 23.2. The van der Waals surface area contributed by atoms with Gasteiger partial charge in [-0.3, -0.25) is 4.79 Å². The van der Waals surface area contributed by atoms with Crippen molar-refractivity contribution in [2.75, 3.05) is 60.2 Å². The van der Waals surface area contributed by atoms with Gasteiger partial charge in [-0.05, 0) is 44.2 Å². The van der Waals surface area contributed by atoms with Gasteiger partial charge in [-0.1, -0.05) is 0 Å². The van der Waals surface area contributed by atoms with Crippen LogP contribution in [0.4, 0.5) is 0 Å². The van der Waals surface area contributed by atoms with Crippen LogP contribution in [0.15, 0.2) is 0 Å². The molecule has 2 rings (SSSR count). The van der Waals surface area contributed by atoms with Gasteiger partial charge in [0, 0.05) is 33.9 Å². The highest BCUT2D eigenvalue weighted by Crippen LogP contribution is 2.39. The fourth-order valence-corrected chi connectivity index (χ4v) is 3.52. The first kappa shape index (κ1) is 15.7. The predicted molar refractivity (Wildman–Crippen MR) is 77.7 cm³/mol. The molecule has 0 saturated carbocycles. The lowest BCUT2D eigenvalue weighted by Gasteiger charge is -2.47. The van der Waals surface area contributed by atoms with E-state index in [0.29, 0.717) is 5.41 Å². The maximum atomic E-state index is 12.0. The number of carbonyl (C=O) groups is 1. The van der Waals surface area contributed by atoms with Crippen molar-refractivity contribution < 1.29 is 14.3 Å². The molecule has 116 valence electrons. The number of methoxy groups -OCH3 is 2. The van der Waals surface area contributed by atoms with Crippen molar-refractivity contribution in [3.63, 3.8) is 0 Å². The Labute approximate surface area is 122 Å². The fourth-order valence-electron chi connectivity index (χ4n) is 3.52. The van der Waals surface area contributed by atoms with Crippen LogP contribution in [0, 0.1) is 5.41 Å². The average Bonchev–Trinajstić information content (AvgIpc) is 2.47. The first-order valence-electron chi connectivity index (χ1n) is 7.67. The van der Waals surface area contributed by atoms with Crippen molar-refractivity contribution in [1.29, 1.82) is 0 Å². The quantitative estimate of drug-likeness (QED) is 0.755. The van der Waals surface area contributed by atoms with E-state index in [-0.39, 0.29) is 12.5 Å². The SMILES string of the molecule is COCCN1CCC2(CCCN(C(=O)COC)C2)CC1. The summed E-state index contributed by atoms with van der Waals surface area (Å²) < 4.78 is 10.1. The van der Waals surface area contributed by atoms with Gasteiger partial charge in [-0.25, -0.2) is 0 Å². The van der Waals surface area contributed by atoms with E-state index in [1.807, 2.05) is 4.90 Å². The second-order valence-electron chi connectivity index (χ2n) is 6.19. The van der Waals surface area contributed by atoms with Gasteiger partial charge in [0.15, 0.2) is 0 Å². The van der Waals surface area contributed by atoms with Crippen molar-refractivity contribution in [3.05, 3.63) is 0 Å². The Morgan fingerprint density at radius 1 is 1.10 bits per heavy atom. The molecular weight excluding hydrogens is 256 g/mol. The molecule has 2 heterocycles. The summed E-state index contributed by atoms with van der Waals surface area (Å²) in [4.78, 5) is 16.5. The van der Waals surface area contributed by atoms with Gasteiger partial charge < -0.3 is 19.3 Å². The van der Waals surface area contributed by atoms with E-state index in [1.165, 1.54) is 19.3 Å². The van der Waals surface area contributed by atoms with Crippen LogP contribution in [0.5, 0.6) is 0 Å². The van der Waals surface area contributed by atoms with Gasteiger partial charge in [-0.2, -0.15) is 0 Å². The highest BCUT2D eigenvalue weighted by Gasteiger charge is 2.39. The molecule has 2 aliphatic rings. The summed E-state index contributed by atoms with van der Waals surface area (Å²) in [7, 11) is 3.35. The molecule has 5 nitrogen and oxygen atoms in total. The number of amides is 1. The van der Waals surface area contributed by atoms with Gasteiger partial charge in [-0.15, -0.1) is 0 Å². The lowest BCUT2D eigenvalue weighted by atomic mass is 9.72. The molecular formula is C15H28N2O3. The highest BCUT2D eigenvalue weighted by molar-refractivity contribution is 5.77. The van der Waals surface area contributed by atoms with Crippen LogP contribution in [-0.4, -0.2) is 75.9 Å². The number of nitrogens with zero attached hydrogens (tertiary/aromatic N) is 2. The summed E-state index contributed by atoms with van der Waals surface area (Å²) in [6.45, 7) is 6.15. The Bertz CT molecular complexity index is 314. The van der Waals surface area contributed by atoms with E-state index in [1.54, 1.807) is 14.2 Å². The van der Waals surface area contributed by atoms with E-state index in [0.717, 1.165) is 45.8 Å². The van der Waals surface area contributed by atoms with Crippen LogP contribution in [0.25, 0.3) is 0 Å². The van der Waals surface area contributed by atoms with Crippen molar-refractivity contribution in [1.82, 2.24) is 9.80 Å². The zero-order chi connectivity index (χ0) is 14.4. The van der Waals surface area contributed by atoms with Crippen LogP contribution < -0.4 is 0 Å². The van der Waals surface area contributed by atoms with Crippen LogP contribution in [0.2, 0.25) is 0 Å². The number of piperidine rings is 2. The molecule has 0 bridgehead atoms. The van der Waals surface area contributed by atoms with Crippen molar-refractivity contribution in [3.8, 4) is 0 Å². The maximum Gasteiger partial charge on any atom is 0.248 e.